The van der Waals surface area contributed by atoms with Crippen molar-refractivity contribution in [3.63, 3.8) is 0 Å². The fourth-order valence-electron chi connectivity index (χ4n) is 4.03. The number of hydrogen-bond donors (Lipinski definition) is 1. The maximum atomic E-state index is 13.9. The molecular weight excluding hydrogens is 545 g/mol. The summed E-state index contributed by atoms with van der Waals surface area (Å²) in [4.78, 5) is 28.1. The van der Waals surface area contributed by atoms with Crippen molar-refractivity contribution in [3.05, 3.63) is 94.0 Å². The van der Waals surface area contributed by atoms with Gasteiger partial charge in [0.15, 0.2) is 0 Å². The first-order chi connectivity index (χ1) is 18.1. The van der Waals surface area contributed by atoms with E-state index in [9.17, 15) is 18.0 Å². The first-order valence-corrected chi connectivity index (χ1v) is 14.5. The van der Waals surface area contributed by atoms with Crippen LogP contribution in [0.15, 0.2) is 77.7 Å². The molecule has 0 aliphatic carbocycles. The number of carbonyl (C=O) groups excluding carboxylic acids is 2. The summed E-state index contributed by atoms with van der Waals surface area (Å²) in [7, 11) is -4.11. The van der Waals surface area contributed by atoms with Gasteiger partial charge in [-0.1, -0.05) is 72.6 Å². The Labute approximate surface area is 234 Å². The highest BCUT2D eigenvalue weighted by atomic mass is 35.5. The first kappa shape index (κ1) is 29.5. The lowest BCUT2D eigenvalue weighted by Gasteiger charge is -2.32. The quantitative estimate of drug-likeness (QED) is 0.336. The number of sulfonamides is 1. The van der Waals surface area contributed by atoms with Crippen LogP contribution in [0.25, 0.3) is 0 Å². The monoisotopic (exact) mass is 575 g/mol. The summed E-state index contributed by atoms with van der Waals surface area (Å²) in [6, 6.07) is 19.1. The fraction of sp³-hybridized carbons (Fsp3) is 0.286. The lowest BCUT2D eigenvalue weighted by Crippen LogP contribution is -2.51. The van der Waals surface area contributed by atoms with Crippen LogP contribution in [0.1, 0.15) is 31.9 Å². The van der Waals surface area contributed by atoms with E-state index >= 15 is 0 Å². The molecule has 7 nitrogen and oxygen atoms in total. The van der Waals surface area contributed by atoms with Crippen LogP contribution in [-0.2, 0) is 32.6 Å². The van der Waals surface area contributed by atoms with E-state index in [1.54, 1.807) is 62.4 Å². The summed E-state index contributed by atoms with van der Waals surface area (Å²) in [5.74, 6) is -0.896. The molecule has 0 aromatic heterocycles. The van der Waals surface area contributed by atoms with Crippen LogP contribution >= 0.6 is 23.2 Å². The second-order valence-electron chi connectivity index (χ2n) is 8.65. The van der Waals surface area contributed by atoms with Gasteiger partial charge < -0.3 is 10.2 Å². The lowest BCUT2D eigenvalue weighted by molar-refractivity contribution is -0.139. The van der Waals surface area contributed by atoms with Crippen molar-refractivity contribution in [1.29, 1.82) is 0 Å². The molecule has 0 saturated carbocycles. The maximum Gasteiger partial charge on any atom is 0.264 e. The molecule has 0 fully saturated rings. The van der Waals surface area contributed by atoms with E-state index < -0.39 is 28.5 Å². The number of likely N-dealkylation sites (N-methyl/N-ethyl adjacent to an activating group) is 1. The van der Waals surface area contributed by atoms with Crippen LogP contribution in [0, 0.1) is 0 Å². The number of nitrogens with zero attached hydrogens (tertiary/aromatic N) is 2. The summed E-state index contributed by atoms with van der Waals surface area (Å²) < 4.78 is 28.8. The van der Waals surface area contributed by atoms with Crippen LogP contribution in [0.4, 0.5) is 5.69 Å². The van der Waals surface area contributed by atoms with E-state index in [-0.39, 0.29) is 17.3 Å². The van der Waals surface area contributed by atoms with E-state index in [0.29, 0.717) is 34.3 Å². The minimum absolute atomic E-state index is 0.0304. The summed E-state index contributed by atoms with van der Waals surface area (Å²) >= 11 is 12.2. The maximum absolute atomic E-state index is 13.9. The zero-order valence-corrected chi connectivity index (χ0v) is 23.9. The summed E-state index contributed by atoms with van der Waals surface area (Å²) in [6.07, 6.45) is 0.563. The van der Waals surface area contributed by atoms with Gasteiger partial charge in [-0.2, -0.15) is 0 Å². The molecule has 0 heterocycles. The SMILES string of the molecule is CCNC(=O)[C@H](C)N(Cc1ccc(Cl)c(Cl)c1)C(=O)CN(c1ccccc1CC)S(=O)(=O)c1ccccc1. The smallest absolute Gasteiger partial charge is 0.264 e. The Morgan fingerprint density at radius 1 is 0.921 bits per heavy atom. The molecule has 0 spiro atoms. The van der Waals surface area contributed by atoms with Gasteiger partial charge in [0.2, 0.25) is 11.8 Å². The molecule has 3 rings (SSSR count). The number of para-hydroxylation sites is 1. The second kappa shape index (κ2) is 13.1. The molecule has 0 unspecified atom stereocenters. The molecular formula is C28H31Cl2N3O4S. The minimum atomic E-state index is -4.11. The number of amides is 2. The van der Waals surface area contributed by atoms with E-state index in [4.69, 9.17) is 23.2 Å². The predicted octanol–water partition coefficient (Wildman–Crippen LogP) is 5.30. The molecule has 0 bridgehead atoms. The van der Waals surface area contributed by atoms with Gasteiger partial charge in [-0.15, -0.1) is 0 Å². The standard InChI is InChI=1S/C28H31Cl2N3O4S/c1-4-22-11-9-10-14-26(22)33(38(36,37)23-12-7-6-8-13-23)19-27(34)32(20(3)28(35)31-5-2)18-21-15-16-24(29)25(30)17-21/h6-17,20H,4-5,18-19H2,1-3H3,(H,31,35)/t20-/m0/s1. The van der Waals surface area contributed by atoms with Crippen molar-refractivity contribution in [2.24, 2.45) is 0 Å². The molecule has 202 valence electrons. The van der Waals surface area contributed by atoms with Gasteiger partial charge in [-0.25, -0.2) is 8.42 Å². The average Bonchev–Trinajstić information content (AvgIpc) is 2.92. The van der Waals surface area contributed by atoms with Crippen molar-refractivity contribution in [3.8, 4) is 0 Å². The first-order valence-electron chi connectivity index (χ1n) is 12.3. The van der Waals surface area contributed by atoms with Gasteiger partial charge in [-0.05, 0) is 61.7 Å². The van der Waals surface area contributed by atoms with Crippen LogP contribution in [0.2, 0.25) is 10.0 Å². The number of rotatable bonds is 11. The zero-order valence-electron chi connectivity index (χ0n) is 21.5. The summed E-state index contributed by atoms with van der Waals surface area (Å²) in [5.41, 5.74) is 1.83. The van der Waals surface area contributed by atoms with Crippen molar-refractivity contribution in [2.75, 3.05) is 17.4 Å². The Balaban J connectivity index is 2.06. The molecule has 1 N–H and O–H groups in total. The number of benzene rings is 3. The van der Waals surface area contributed by atoms with E-state index in [2.05, 4.69) is 5.32 Å². The number of aryl methyl sites for hydroxylation is 1. The third-order valence-corrected chi connectivity index (χ3v) is 8.62. The molecule has 3 aromatic carbocycles. The Bertz CT molecular complexity index is 1380. The van der Waals surface area contributed by atoms with Gasteiger partial charge in [0.25, 0.3) is 10.0 Å². The molecule has 3 aromatic rings. The molecule has 10 heteroatoms. The molecule has 0 aliphatic heterocycles. The van der Waals surface area contributed by atoms with E-state index in [1.165, 1.54) is 17.0 Å². The average molecular weight is 577 g/mol. The van der Waals surface area contributed by atoms with E-state index in [0.717, 1.165) is 9.87 Å². The summed E-state index contributed by atoms with van der Waals surface area (Å²) in [5, 5.41) is 3.41. The lowest BCUT2D eigenvalue weighted by atomic mass is 10.1. The largest absolute Gasteiger partial charge is 0.355 e. The van der Waals surface area contributed by atoms with Crippen LogP contribution in [0.5, 0.6) is 0 Å². The Kier molecular flexibility index (Phi) is 10.2. The van der Waals surface area contributed by atoms with Gasteiger partial charge in [0.05, 0.1) is 20.6 Å². The Morgan fingerprint density at radius 2 is 1.58 bits per heavy atom. The van der Waals surface area contributed by atoms with Crippen LogP contribution in [0.3, 0.4) is 0 Å². The van der Waals surface area contributed by atoms with Gasteiger partial charge in [0, 0.05) is 13.1 Å². The fourth-order valence-corrected chi connectivity index (χ4v) is 5.82. The number of hydrogen-bond acceptors (Lipinski definition) is 4. The normalized spacial score (nSPS) is 12.0. The van der Waals surface area contributed by atoms with Gasteiger partial charge in [0.1, 0.15) is 12.6 Å². The van der Waals surface area contributed by atoms with Gasteiger partial charge in [-0.3, -0.25) is 13.9 Å². The molecule has 1 atom stereocenters. The highest BCUT2D eigenvalue weighted by molar-refractivity contribution is 7.92. The Hall–Kier alpha value is -3.07. The van der Waals surface area contributed by atoms with Crippen molar-refractivity contribution < 1.29 is 18.0 Å². The Morgan fingerprint density at radius 3 is 2.21 bits per heavy atom. The van der Waals surface area contributed by atoms with Crippen LogP contribution in [-0.4, -0.2) is 44.3 Å². The number of carbonyl (C=O) groups is 2. The number of nitrogens with one attached hydrogen (secondary N) is 1. The van der Waals surface area contributed by atoms with Crippen molar-refractivity contribution in [2.45, 2.75) is 44.7 Å². The molecule has 38 heavy (non-hydrogen) atoms. The molecule has 2 amide bonds. The van der Waals surface area contributed by atoms with E-state index in [1.807, 2.05) is 19.1 Å². The number of halogens is 2. The highest BCUT2D eigenvalue weighted by Crippen LogP contribution is 2.29. The predicted molar refractivity (Wildman–Crippen MR) is 152 cm³/mol. The van der Waals surface area contributed by atoms with Gasteiger partial charge >= 0.3 is 0 Å². The molecule has 0 radical (unpaired) electrons. The van der Waals surface area contributed by atoms with Crippen molar-refractivity contribution in [1.82, 2.24) is 10.2 Å². The molecule has 0 saturated heterocycles. The minimum Gasteiger partial charge on any atom is -0.355 e. The zero-order chi connectivity index (χ0) is 27.9. The topological polar surface area (TPSA) is 86.8 Å². The summed E-state index contributed by atoms with van der Waals surface area (Å²) in [6.45, 7) is 5.22. The second-order valence-corrected chi connectivity index (χ2v) is 11.3. The highest BCUT2D eigenvalue weighted by Gasteiger charge is 2.33. The molecule has 0 aliphatic rings. The third-order valence-electron chi connectivity index (χ3n) is 6.11. The van der Waals surface area contributed by atoms with Crippen LogP contribution < -0.4 is 9.62 Å². The third kappa shape index (κ3) is 6.87. The van der Waals surface area contributed by atoms with Crippen molar-refractivity contribution >= 4 is 50.7 Å². The number of anilines is 1.